The molecular weight excluding hydrogens is 806 g/mol. The normalized spacial score (nSPS) is 21.4. The molecule has 0 spiro atoms. The van der Waals surface area contributed by atoms with E-state index in [1.807, 2.05) is 32.6 Å². The maximum absolute atomic E-state index is 13.7. The predicted molar refractivity (Wildman–Crippen MR) is 226 cm³/mol. The zero-order valence-electron chi connectivity index (χ0n) is 35.9. The van der Waals surface area contributed by atoms with Gasteiger partial charge in [-0.1, -0.05) is 58.9 Å². The number of halogens is 3. The number of pyridine rings is 1. The highest BCUT2D eigenvalue weighted by atomic mass is 19.4. The van der Waals surface area contributed by atoms with Crippen molar-refractivity contribution in [3.63, 3.8) is 0 Å². The van der Waals surface area contributed by atoms with Gasteiger partial charge in [-0.25, -0.2) is 14.8 Å². The Balaban J connectivity index is 1.02. The van der Waals surface area contributed by atoms with Gasteiger partial charge in [0.1, 0.15) is 23.4 Å². The zero-order chi connectivity index (χ0) is 44.7. The number of nitrogens with zero attached hydrogens (tertiary/aromatic N) is 5. The molecule has 62 heavy (non-hydrogen) atoms. The van der Waals surface area contributed by atoms with Crippen LogP contribution in [0.1, 0.15) is 76.6 Å². The van der Waals surface area contributed by atoms with Crippen LogP contribution in [0.4, 0.5) is 29.5 Å². The Labute approximate surface area is 358 Å². The lowest BCUT2D eigenvalue weighted by molar-refractivity contribution is -0.274. The molecule has 7 rings (SSSR count). The number of alkyl carbamates (subject to hydrolysis) is 1. The number of ether oxygens (including phenoxy) is 2. The molecule has 2 aromatic heterocycles. The quantitative estimate of drug-likeness (QED) is 0.138. The Morgan fingerprint density at radius 2 is 1.65 bits per heavy atom. The van der Waals surface area contributed by atoms with Crippen LogP contribution in [-0.2, 0) is 14.3 Å². The van der Waals surface area contributed by atoms with Crippen LogP contribution in [0, 0.1) is 23.2 Å². The number of methoxy groups -OCH3 is 1. The van der Waals surface area contributed by atoms with Crippen molar-refractivity contribution in [1.82, 2.24) is 30.1 Å². The molecule has 330 valence electrons. The Kier molecular flexibility index (Phi) is 12.3. The number of nitrogens with one attached hydrogen (secondary N) is 3. The summed E-state index contributed by atoms with van der Waals surface area (Å²) in [6, 6.07) is 13.0. The van der Waals surface area contributed by atoms with Gasteiger partial charge in [0.25, 0.3) is 5.91 Å². The number of rotatable bonds is 11. The number of carbonyl (C=O) groups excluding carboxylic acids is 4. The Morgan fingerprint density at radius 3 is 2.26 bits per heavy atom. The molecule has 1 saturated carbocycles. The monoisotopic (exact) mass is 858 g/mol. The van der Waals surface area contributed by atoms with E-state index < -0.39 is 30.2 Å². The molecule has 4 amide bonds. The third-order valence-corrected chi connectivity index (χ3v) is 12.1. The van der Waals surface area contributed by atoms with E-state index in [1.54, 1.807) is 47.5 Å². The summed E-state index contributed by atoms with van der Waals surface area (Å²) in [7, 11) is 1.24. The van der Waals surface area contributed by atoms with Crippen molar-refractivity contribution in [3.05, 3.63) is 78.4 Å². The number of anilines is 2. The highest BCUT2D eigenvalue weighted by Crippen LogP contribution is 2.52. The van der Waals surface area contributed by atoms with E-state index in [4.69, 9.17) is 4.74 Å². The molecule has 14 nitrogen and oxygen atoms in total. The summed E-state index contributed by atoms with van der Waals surface area (Å²) in [5.41, 5.74) is 2.22. The second-order valence-corrected chi connectivity index (χ2v) is 17.7. The summed E-state index contributed by atoms with van der Waals surface area (Å²) in [6.07, 6.45) is -1.03. The van der Waals surface area contributed by atoms with E-state index >= 15 is 0 Å². The number of hydrogen-bond donors (Lipinski definition) is 3. The van der Waals surface area contributed by atoms with Gasteiger partial charge in [-0.2, -0.15) is 0 Å². The van der Waals surface area contributed by atoms with E-state index in [0.717, 1.165) is 12.5 Å². The van der Waals surface area contributed by atoms with Crippen LogP contribution in [0.5, 0.6) is 5.75 Å². The number of imidazole rings is 1. The maximum atomic E-state index is 13.7. The number of amides is 4. The lowest BCUT2D eigenvalue weighted by Gasteiger charge is -2.41. The molecule has 4 aromatic rings. The van der Waals surface area contributed by atoms with Crippen molar-refractivity contribution in [2.75, 3.05) is 43.5 Å². The third-order valence-electron chi connectivity index (χ3n) is 12.1. The average Bonchev–Trinajstić information content (AvgIpc) is 3.50. The Morgan fingerprint density at radius 1 is 0.935 bits per heavy atom. The van der Waals surface area contributed by atoms with Crippen LogP contribution >= 0.6 is 0 Å². The molecule has 0 radical (unpaired) electrons. The first-order valence-electron chi connectivity index (χ1n) is 20.8. The van der Waals surface area contributed by atoms with Crippen molar-refractivity contribution >= 4 is 35.3 Å². The molecule has 2 aliphatic heterocycles. The van der Waals surface area contributed by atoms with E-state index in [9.17, 15) is 32.3 Å². The van der Waals surface area contributed by atoms with Crippen molar-refractivity contribution in [2.24, 2.45) is 23.2 Å². The average molecular weight is 859 g/mol. The molecule has 3 N–H and O–H groups in total. The first-order chi connectivity index (χ1) is 29.3. The standard InChI is InChI=1S/C45H53F3N8O6/c1-25(2)38(53-43(60)61-7)42(59)56-23-26(3)18-35(56)39-50-22-34(52-39)29-10-8-28(9-11-29)32-14-12-30(19-36(32)62-45(46,47)48)40(57)51-31-13-15-37(49-21-31)55-17-16-54(24-27(55)4)41(58)33-20-44(33,5)6/h8-15,19,21-22,25-27,33,35,38H,16-18,20,23-24H2,1-7H3,(H,50,52)(H,51,57)(H,53,60)/t26-,27?,33+,35-,38-/m0/s1. The van der Waals surface area contributed by atoms with Gasteiger partial charge in [0, 0.05) is 49.3 Å². The van der Waals surface area contributed by atoms with Gasteiger partial charge < -0.3 is 39.8 Å². The van der Waals surface area contributed by atoms with Gasteiger partial charge in [0.15, 0.2) is 0 Å². The van der Waals surface area contributed by atoms with E-state index in [-0.39, 0.29) is 58.2 Å². The second kappa shape index (κ2) is 17.3. The number of piperazine rings is 1. The lowest BCUT2D eigenvalue weighted by Crippen LogP contribution is -2.54. The van der Waals surface area contributed by atoms with Gasteiger partial charge in [-0.05, 0) is 78.5 Å². The number of aromatic amines is 1. The van der Waals surface area contributed by atoms with Crippen molar-refractivity contribution in [3.8, 4) is 28.1 Å². The van der Waals surface area contributed by atoms with Crippen LogP contribution in [0.15, 0.2) is 67.0 Å². The molecule has 1 unspecified atom stereocenters. The minimum atomic E-state index is -5.03. The molecule has 3 aliphatic rings. The summed E-state index contributed by atoms with van der Waals surface area (Å²) in [5, 5.41) is 5.36. The summed E-state index contributed by atoms with van der Waals surface area (Å²) in [5.74, 6) is 0.0868. The van der Waals surface area contributed by atoms with E-state index in [1.165, 1.54) is 25.4 Å². The molecule has 1 aliphatic carbocycles. The third kappa shape index (κ3) is 9.66. The van der Waals surface area contributed by atoms with Crippen molar-refractivity contribution < 1.29 is 41.8 Å². The number of carbonyl (C=O) groups is 4. The Hall–Kier alpha value is -6.13. The summed E-state index contributed by atoms with van der Waals surface area (Å²) < 4.78 is 50.4. The van der Waals surface area contributed by atoms with Gasteiger partial charge in [-0.15, -0.1) is 13.2 Å². The van der Waals surface area contributed by atoms with Crippen LogP contribution in [0.3, 0.4) is 0 Å². The first kappa shape index (κ1) is 43.9. The number of benzene rings is 2. The fraction of sp³-hybridized carbons (Fsp3) is 0.467. The van der Waals surface area contributed by atoms with Crippen molar-refractivity contribution in [1.29, 1.82) is 0 Å². The number of aromatic nitrogens is 3. The SMILES string of the molecule is COC(=O)N[C@H](C(=O)N1C[C@@H](C)C[C@H]1c1ncc(-c2ccc(-c3ccc(C(=O)Nc4ccc(N5CCN(C(=O)[C@H]6CC6(C)C)CC5C)nc4)cc3OC(F)(F)F)cc2)[nH]1)C(C)C. The number of likely N-dealkylation sites (tertiary alicyclic amines) is 1. The van der Waals surface area contributed by atoms with Gasteiger partial charge in [-0.3, -0.25) is 14.4 Å². The lowest BCUT2D eigenvalue weighted by atomic mass is 10.00. The minimum absolute atomic E-state index is 0.0288. The summed E-state index contributed by atoms with van der Waals surface area (Å²) >= 11 is 0. The first-order valence-corrected chi connectivity index (χ1v) is 20.8. The number of alkyl halides is 3. The topological polar surface area (TPSA) is 162 Å². The van der Waals surface area contributed by atoms with Gasteiger partial charge in [0.05, 0.1) is 36.9 Å². The summed E-state index contributed by atoms with van der Waals surface area (Å²) in [4.78, 5) is 70.2. The predicted octanol–water partition coefficient (Wildman–Crippen LogP) is 7.66. The van der Waals surface area contributed by atoms with Crippen LogP contribution in [0.25, 0.3) is 22.4 Å². The Bertz CT molecular complexity index is 2300. The van der Waals surface area contributed by atoms with Gasteiger partial charge >= 0.3 is 12.5 Å². The molecule has 2 saturated heterocycles. The van der Waals surface area contributed by atoms with Crippen LogP contribution in [0.2, 0.25) is 0 Å². The molecule has 0 bridgehead atoms. The maximum Gasteiger partial charge on any atom is 0.573 e. The molecule has 4 heterocycles. The highest BCUT2D eigenvalue weighted by Gasteiger charge is 2.52. The molecule has 2 aromatic carbocycles. The van der Waals surface area contributed by atoms with Crippen molar-refractivity contribution in [2.45, 2.75) is 78.9 Å². The zero-order valence-corrected chi connectivity index (χ0v) is 35.9. The molecule has 5 atom stereocenters. The smallest absolute Gasteiger partial charge is 0.453 e. The van der Waals surface area contributed by atoms with Crippen LogP contribution in [-0.4, -0.2) is 100 Å². The molecule has 3 fully saturated rings. The fourth-order valence-corrected chi connectivity index (χ4v) is 8.46. The minimum Gasteiger partial charge on any atom is -0.453 e. The summed E-state index contributed by atoms with van der Waals surface area (Å²) in [6.45, 7) is 14.3. The van der Waals surface area contributed by atoms with E-state index in [0.29, 0.717) is 66.8 Å². The molecule has 17 heteroatoms. The van der Waals surface area contributed by atoms with E-state index in [2.05, 4.69) is 49.1 Å². The molecular formula is C45H53F3N8O6. The van der Waals surface area contributed by atoms with Crippen LogP contribution < -0.4 is 20.3 Å². The second-order valence-electron chi connectivity index (χ2n) is 17.7. The highest BCUT2D eigenvalue weighted by molar-refractivity contribution is 6.05. The fourth-order valence-electron chi connectivity index (χ4n) is 8.46. The van der Waals surface area contributed by atoms with Gasteiger partial charge in [0.2, 0.25) is 11.8 Å². The number of hydrogen-bond acceptors (Lipinski definition) is 9. The largest absolute Gasteiger partial charge is 0.573 e. The number of H-pyrrole nitrogens is 1.